The van der Waals surface area contributed by atoms with Crippen LogP contribution in [0.1, 0.15) is 28.3 Å². The Kier molecular flexibility index (Phi) is 3.71. The van der Waals surface area contributed by atoms with E-state index in [1.165, 1.54) is 5.56 Å². The maximum atomic E-state index is 12.4. The summed E-state index contributed by atoms with van der Waals surface area (Å²) in [7, 11) is 0. The van der Waals surface area contributed by atoms with Crippen LogP contribution in [0.4, 0.5) is 0 Å². The van der Waals surface area contributed by atoms with Gasteiger partial charge in [0.25, 0.3) is 5.91 Å². The largest absolute Gasteiger partial charge is 0.338 e. The van der Waals surface area contributed by atoms with Gasteiger partial charge < -0.3 is 4.90 Å². The van der Waals surface area contributed by atoms with Gasteiger partial charge in [-0.1, -0.05) is 15.9 Å². The van der Waals surface area contributed by atoms with Crippen LogP contribution >= 0.6 is 27.3 Å². The summed E-state index contributed by atoms with van der Waals surface area (Å²) in [4.78, 5) is 14.4. The van der Waals surface area contributed by atoms with Crippen molar-refractivity contribution in [2.45, 2.75) is 12.3 Å². The van der Waals surface area contributed by atoms with Crippen molar-refractivity contribution in [1.82, 2.24) is 4.90 Å². The zero-order valence-corrected chi connectivity index (χ0v) is 12.8. The molecule has 19 heavy (non-hydrogen) atoms. The van der Waals surface area contributed by atoms with Crippen LogP contribution in [0.15, 0.2) is 45.6 Å². The van der Waals surface area contributed by atoms with Crippen molar-refractivity contribution in [3.8, 4) is 0 Å². The lowest BCUT2D eigenvalue weighted by Gasteiger charge is -2.16. The standard InChI is InChI=1S/C15H14BrNOS/c16-14-3-1-11(2-4-14)15(18)17-7-5-12(9-17)13-6-8-19-10-13/h1-4,6,8,10,12H,5,7,9H2. The van der Waals surface area contributed by atoms with Crippen molar-refractivity contribution in [3.63, 3.8) is 0 Å². The molecule has 0 saturated carbocycles. The number of benzene rings is 1. The molecule has 2 aromatic rings. The van der Waals surface area contributed by atoms with Gasteiger partial charge in [-0.2, -0.15) is 11.3 Å². The van der Waals surface area contributed by atoms with Gasteiger partial charge >= 0.3 is 0 Å². The highest BCUT2D eigenvalue weighted by molar-refractivity contribution is 9.10. The topological polar surface area (TPSA) is 20.3 Å². The fourth-order valence-corrected chi connectivity index (χ4v) is 3.51. The van der Waals surface area contributed by atoms with Crippen molar-refractivity contribution in [1.29, 1.82) is 0 Å². The van der Waals surface area contributed by atoms with Crippen LogP contribution in [0.3, 0.4) is 0 Å². The van der Waals surface area contributed by atoms with Gasteiger partial charge in [0.1, 0.15) is 0 Å². The SMILES string of the molecule is O=C(c1ccc(Br)cc1)N1CCC(c2ccsc2)C1. The molecule has 1 amide bonds. The fraction of sp³-hybridized carbons (Fsp3) is 0.267. The van der Waals surface area contributed by atoms with Crippen LogP contribution in [-0.4, -0.2) is 23.9 Å². The summed E-state index contributed by atoms with van der Waals surface area (Å²) in [6.07, 6.45) is 1.07. The van der Waals surface area contributed by atoms with E-state index in [1.807, 2.05) is 29.2 Å². The first-order chi connectivity index (χ1) is 9.24. The van der Waals surface area contributed by atoms with Crippen LogP contribution in [0.25, 0.3) is 0 Å². The summed E-state index contributed by atoms with van der Waals surface area (Å²) in [6, 6.07) is 9.76. The summed E-state index contributed by atoms with van der Waals surface area (Å²) in [5.41, 5.74) is 2.14. The molecule has 3 rings (SSSR count). The quantitative estimate of drug-likeness (QED) is 0.807. The normalized spacial score (nSPS) is 18.8. The highest BCUT2D eigenvalue weighted by Crippen LogP contribution is 2.29. The molecule has 0 N–H and O–H groups in total. The van der Waals surface area contributed by atoms with Gasteiger partial charge in [0, 0.05) is 29.0 Å². The fourth-order valence-electron chi connectivity index (χ4n) is 2.50. The molecule has 1 aliphatic heterocycles. The molecule has 1 saturated heterocycles. The third-order valence-electron chi connectivity index (χ3n) is 3.58. The molecular weight excluding hydrogens is 322 g/mol. The average molecular weight is 336 g/mol. The predicted molar refractivity (Wildman–Crippen MR) is 81.7 cm³/mol. The lowest BCUT2D eigenvalue weighted by atomic mass is 10.0. The second-order valence-corrected chi connectivity index (χ2v) is 6.50. The Balaban J connectivity index is 1.71. The third-order valence-corrected chi connectivity index (χ3v) is 4.81. The summed E-state index contributed by atoms with van der Waals surface area (Å²) in [5.74, 6) is 0.649. The number of hydrogen-bond donors (Lipinski definition) is 0. The van der Waals surface area contributed by atoms with E-state index in [-0.39, 0.29) is 5.91 Å². The third kappa shape index (κ3) is 2.74. The van der Waals surface area contributed by atoms with Gasteiger partial charge in [0.05, 0.1) is 0 Å². The molecule has 98 valence electrons. The van der Waals surface area contributed by atoms with Crippen LogP contribution in [0.5, 0.6) is 0 Å². The Morgan fingerprint density at radius 2 is 2.05 bits per heavy atom. The molecular formula is C15H14BrNOS. The van der Waals surface area contributed by atoms with E-state index >= 15 is 0 Å². The van der Waals surface area contributed by atoms with E-state index in [0.717, 1.165) is 29.5 Å². The number of hydrogen-bond acceptors (Lipinski definition) is 2. The van der Waals surface area contributed by atoms with E-state index in [0.29, 0.717) is 5.92 Å². The lowest BCUT2D eigenvalue weighted by molar-refractivity contribution is 0.0791. The van der Waals surface area contributed by atoms with E-state index in [9.17, 15) is 4.79 Å². The first kappa shape index (κ1) is 12.9. The Morgan fingerprint density at radius 3 is 2.74 bits per heavy atom. The van der Waals surface area contributed by atoms with Crippen molar-refractivity contribution >= 4 is 33.2 Å². The molecule has 1 unspecified atom stereocenters. The minimum atomic E-state index is 0.144. The Morgan fingerprint density at radius 1 is 1.26 bits per heavy atom. The molecule has 1 aliphatic rings. The monoisotopic (exact) mass is 335 g/mol. The Bertz CT molecular complexity index is 564. The number of rotatable bonds is 2. The van der Waals surface area contributed by atoms with Crippen LogP contribution in [0.2, 0.25) is 0 Å². The van der Waals surface area contributed by atoms with Crippen molar-refractivity contribution < 1.29 is 4.79 Å². The first-order valence-electron chi connectivity index (χ1n) is 6.31. The van der Waals surface area contributed by atoms with Crippen LogP contribution in [-0.2, 0) is 0 Å². The average Bonchev–Trinajstić information content (AvgIpc) is 3.10. The molecule has 1 atom stereocenters. The van der Waals surface area contributed by atoms with Gasteiger partial charge in [-0.3, -0.25) is 4.79 Å². The highest BCUT2D eigenvalue weighted by atomic mass is 79.9. The number of amides is 1. The molecule has 0 bridgehead atoms. The zero-order chi connectivity index (χ0) is 13.2. The number of likely N-dealkylation sites (tertiary alicyclic amines) is 1. The minimum absolute atomic E-state index is 0.144. The summed E-state index contributed by atoms with van der Waals surface area (Å²) in [6.45, 7) is 1.70. The van der Waals surface area contributed by atoms with Gasteiger partial charge in [-0.25, -0.2) is 0 Å². The van der Waals surface area contributed by atoms with Gasteiger partial charge in [0.15, 0.2) is 0 Å². The lowest BCUT2D eigenvalue weighted by Crippen LogP contribution is -2.28. The van der Waals surface area contributed by atoms with Crippen molar-refractivity contribution in [2.75, 3.05) is 13.1 Å². The van der Waals surface area contributed by atoms with Crippen molar-refractivity contribution in [2.24, 2.45) is 0 Å². The van der Waals surface area contributed by atoms with Gasteiger partial charge in [-0.15, -0.1) is 0 Å². The predicted octanol–water partition coefficient (Wildman–Crippen LogP) is 4.14. The molecule has 0 aliphatic carbocycles. The number of carbonyl (C=O) groups excluding carboxylic acids is 1. The highest BCUT2D eigenvalue weighted by Gasteiger charge is 2.27. The second kappa shape index (κ2) is 5.47. The van der Waals surface area contributed by atoms with E-state index in [2.05, 4.69) is 32.8 Å². The molecule has 2 nitrogen and oxygen atoms in total. The Labute approximate surface area is 125 Å². The smallest absolute Gasteiger partial charge is 0.253 e. The number of halogens is 1. The summed E-state index contributed by atoms with van der Waals surface area (Å²) >= 11 is 5.12. The second-order valence-electron chi connectivity index (χ2n) is 4.80. The van der Waals surface area contributed by atoms with Crippen LogP contribution < -0.4 is 0 Å². The van der Waals surface area contributed by atoms with E-state index < -0.39 is 0 Å². The summed E-state index contributed by atoms with van der Waals surface area (Å²) in [5, 5.41) is 4.30. The number of carbonyl (C=O) groups is 1. The maximum absolute atomic E-state index is 12.4. The van der Waals surface area contributed by atoms with E-state index in [1.54, 1.807) is 11.3 Å². The number of thiophene rings is 1. The van der Waals surface area contributed by atoms with Gasteiger partial charge in [-0.05, 0) is 53.1 Å². The molecule has 0 spiro atoms. The first-order valence-corrected chi connectivity index (χ1v) is 8.04. The van der Waals surface area contributed by atoms with Crippen molar-refractivity contribution in [3.05, 3.63) is 56.7 Å². The minimum Gasteiger partial charge on any atom is -0.338 e. The molecule has 4 heteroatoms. The summed E-state index contributed by atoms with van der Waals surface area (Å²) < 4.78 is 1.00. The number of nitrogens with zero attached hydrogens (tertiary/aromatic N) is 1. The Hall–Kier alpha value is -1.13. The molecule has 2 heterocycles. The molecule has 1 aromatic heterocycles. The van der Waals surface area contributed by atoms with Crippen LogP contribution in [0, 0.1) is 0 Å². The molecule has 1 fully saturated rings. The molecule has 0 radical (unpaired) electrons. The molecule has 1 aromatic carbocycles. The zero-order valence-electron chi connectivity index (χ0n) is 10.4. The maximum Gasteiger partial charge on any atom is 0.253 e. The van der Waals surface area contributed by atoms with Gasteiger partial charge in [0.2, 0.25) is 0 Å². The van der Waals surface area contributed by atoms with E-state index in [4.69, 9.17) is 0 Å².